The highest BCUT2D eigenvalue weighted by molar-refractivity contribution is 5.75. The largest absolute Gasteiger partial charge is 0.421 e. The molecule has 0 aliphatic carbocycles. The number of benzene rings is 2. The predicted molar refractivity (Wildman–Crippen MR) is 81.9 cm³/mol. The first-order chi connectivity index (χ1) is 10.5. The molecule has 3 rings (SSSR count). The Labute approximate surface area is 124 Å². The zero-order chi connectivity index (χ0) is 15.7. The fourth-order valence-corrected chi connectivity index (χ4v) is 2.16. The average Bonchev–Trinajstić information content (AvgIpc) is 2.81. The average molecular weight is 299 g/mol. The van der Waals surface area contributed by atoms with E-state index in [-0.39, 0.29) is 17.9 Å². The van der Waals surface area contributed by atoms with E-state index < -0.39 is 10.7 Å². The van der Waals surface area contributed by atoms with E-state index in [1.165, 1.54) is 22.8 Å². The zero-order valence-electron chi connectivity index (χ0n) is 11.8. The number of nitro benzene ring substituents is 1. The zero-order valence-corrected chi connectivity index (χ0v) is 11.8. The van der Waals surface area contributed by atoms with Crippen molar-refractivity contribution in [2.24, 2.45) is 0 Å². The maximum atomic E-state index is 11.9. The third-order valence-electron chi connectivity index (χ3n) is 3.36. The lowest BCUT2D eigenvalue weighted by atomic mass is 10.2. The van der Waals surface area contributed by atoms with Crippen LogP contribution in [0.2, 0.25) is 0 Å². The molecule has 2 aromatic carbocycles. The van der Waals surface area contributed by atoms with Gasteiger partial charge in [-0.25, -0.2) is 4.79 Å². The Hall–Kier alpha value is -3.09. The van der Waals surface area contributed by atoms with Crippen molar-refractivity contribution >= 4 is 22.5 Å². The van der Waals surface area contributed by atoms with Crippen molar-refractivity contribution in [3.8, 4) is 0 Å². The van der Waals surface area contributed by atoms with Crippen molar-refractivity contribution < 1.29 is 9.34 Å². The molecular weight excluding hydrogens is 286 g/mol. The molecule has 0 saturated carbocycles. The molecule has 0 atom stereocenters. The molecule has 0 saturated heterocycles. The second-order valence-electron chi connectivity index (χ2n) is 4.91. The highest BCUT2D eigenvalue weighted by Crippen LogP contribution is 2.20. The van der Waals surface area contributed by atoms with Gasteiger partial charge in [0.25, 0.3) is 5.69 Å². The first-order valence-corrected chi connectivity index (χ1v) is 6.63. The van der Waals surface area contributed by atoms with Gasteiger partial charge >= 0.3 is 5.76 Å². The summed E-state index contributed by atoms with van der Waals surface area (Å²) in [7, 11) is 0. The maximum Gasteiger partial charge on any atom is 0.421 e. The molecule has 0 aliphatic heterocycles. The number of non-ortho nitro benzene ring substituents is 1. The number of oxazole rings is 1. The van der Waals surface area contributed by atoms with Crippen molar-refractivity contribution in [1.29, 1.82) is 0 Å². The molecule has 112 valence electrons. The van der Waals surface area contributed by atoms with E-state index in [4.69, 9.17) is 4.42 Å². The van der Waals surface area contributed by atoms with Gasteiger partial charge in [0, 0.05) is 11.8 Å². The quantitative estimate of drug-likeness (QED) is 0.591. The van der Waals surface area contributed by atoms with Crippen LogP contribution in [0.5, 0.6) is 0 Å². The number of fused-ring (bicyclic) bond motifs is 1. The van der Waals surface area contributed by atoms with Gasteiger partial charge in [0.15, 0.2) is 5.58 Å². The van der Waals surface area contributed by atoms with Crippen LogP contribution >= 0.6 is 0 Å². The first kappa shape index (κ1) is 13.9. The molecule has 0 amide bonds. The van der Waals surface area contributed by atoms with Crippen molar-refractivity contribution in [1.82, 2.24) is 4.57 Å². The Balaban J connectivity index is 1.90. The second-order valence-corrected chi connectivity index (χ2v) is 4.91. The Morgan fingerprint density at radius 1 is 1.23 bits per heavy atom. The van der Waals surface area contributed by atoms with E-state index in [0.29, 0.717) is 5.52 Å². The third-order valence-corrected chi connectivity index (χ3v) is 3.36. The predicted octanol–water partition coefficient (Wildman–Crippen LogP) is 2.88. The summed E-state index contributed by atoms with van der Waals surface area (Å²) >= 11 is 0. The Bertz CT molecular complexity index is 893. The van der Waals surface area contributed by atoms with Gasteiger partial charge < -0.3 is 9.73 Å². The number of hydrogen-bond donors (Lipinski definition) is 1. The summed E-state index contributed by atoms with van der Waals surface area (Å²) < 4.78 is 6.45. The molecule has 0 aliphatic rings. The molecule has 7 nitrogen and oxygen atoms in total. The molecule has 3 aromatic rings. The van der Waals surface area contributed by atoms with Crippen LogP contribution in [0.3, 0.4) is 0 Å². The van der Waals surface area contributed by atoms with E-state index in [0.717, 1.165) is 11.3 Å². The number of nitrogens with one attached hydrogen (secondary N) is 1. The molecular formula is C15H13N3O4. The van der Waals surface area contributed by atoms with Crippen LogP contribution in [0.4, 0.5) is 11.4 Å². The number of nitrogens with zero attached hydrogens (tertiary/aromatic N) is 2. The van der Waals surface area contributed by atoms with E-state index in [1.54, 1.807) is 0 Å². The number of hydrogen-bond acceptors (Lipinski definition) is 5. The lowest BCUT2D eigenvalue weighted by Gasteiger charge is -2.07. The van der Waals surface area contributed by atoms with Gasteiger partial charge in [0.2, 0.25) is 0 Å². The van der Waals surface area contributed by atoms with Crippen LogP contribution in [0.15, 0.2) is 51.7 Å². The van der Waals surface area contributed by atoms with Gasteiger partial charge in [-0.15, -0.1) is 0 Å². The lowest BCUT2D eigenvalue weighted by molar-refractivity contribution is -0.384. The summed E-state index contributed by atoms with van der Waals surface area (Å²) in [6.07, 6.45) is 0. The molecule has 0 radical (unpaired) electrons. The molecule has 0 spiro atoms. The highest BCUT2D eigenvalue weighted by Gasteiger charge is 2.13. The fraction of sp³-hybridized carbons (Fsp3) is 0.133. The van der Waals surface area contributed by atoms with Gasteiger partial charge in [-0.3, -0.25) is 14.7 Å². The minimum absolute atomic E-state index is 0.111. The Morgan fingerprint density at radius 2 is 1.95 bits per heavy atom. The molecule has 0 bridgehead atoms. The molecule has 0 unspecified atom stereocenters. The van der Waals surface area contributed by atoms with Crippen molar-refractivity contribution in [3.05, 3.63) is 68.7 Å². The summed E-state index contributed by atoms with van der Waals surface area (Å²) in [6.45, 7) is 2.21. The summed E-state index contributed by atoms with van der Waals surface area (Å²) in [5, 5.41) is 13.9. The van der Waals surface area contributed by atoms with Crippen LogP contribution < -0.4 is 11.1 Å². The van der Waals surface area contributed by atoms with Gasteiger partial charge in [0.1, 0.15) is 0 Å². The monoisotopic (exact) mass is 299 g/mol. The standard InChI is InChI=1S/C15H13N3O4/c1-10-2-4-11(5-3-10)16-9-17-13-7-6-12(18(20)21)8-14(13)22-15(17)19/h2-8,16H,9H2,1H3. The van der Waals surface area contributed by atoms with Gasteiger partial charge in [-0.05, 0) is 25.1 Å². The number of anilines is 1. The van der Waals surface area contributed by atoms with Crippen molar-refractivity contribution in [2.75, 3.05) is 5.32 Å². The van der Waals surface area contributed by atoms with Crippen LogP contribution in [0.25, 0.3) is 11.1 Å². The smallest absolute Gasteiger partial charge is 0.407 e. The van der Waals surface area contributed by atoms with E-state index in [9.17, 15) is 14.9 Å². The van der Waals surface area contributed by atoms with E-state index in [2.05, 4.69) is 5.32 Å². The number of aryl methyl sites for hydroxylation is 1. The SMILES string of the molecule is Cc1ccc(NCn2c(=O)oc3cc([N+](=O)[O-])ccc32)cc1. The van der Waals surface area contributed by atoms with Crippen LogP contribution in [-0.2, 0) is 6.67 Å². The molecule has 1 heterocycles. The lowest BCUT2D eigenvalue weighted by Crippen LogP contribution is -2.19. The van der Waals surface area contributed by atoms with Crippen molar-refractivity contribution in [2.45, 2.75) is 13.6 Å². The Morgan fingerprint density at radius 3 is 2.64 bits per heavy atom. The van der Waals surface area contributed by atoms with Crippen LogP contribution in [0.1, 0.15) is 5.56 Å². The highest BCUT2D eigenvalue weighted by atomic mass is 16.6. The summed E-state index contributed by atoms with van der Waals surface area (Å²) in [6, 6.07) is 11.8. The fourth-order valence-electron chi connectivity index (χ4n) is 2.16. The first-order valence-electron chi connectivity index (χ1n) is 6.63. The molecule has 1 N–H and O–H groups in total. The summed E-state index contributed by atoms with van der Waals surface area (Å²) in [5.74, 6) is -0.560. The second kappa shape index (κ2) is 5.36. The molecule has 1 aromatic heterocycles. The number of nitro groups is 1. The van der Waals surface area contributed by atoms with E-state index >= 15 is 0 Å². The van der Waals surface area contributed by atoms with Gasteiger partial charge in [0.05, 0.1) is 23.2 Å². The van der Waals surface area contributed by atoms with Gasteiger partial charge in [-0.2, -0.15) is 0 Å². The van der Waals surface area contributed by atoms with Gasteiger partial charge in [-0.1, -0.05) is 17.7 Å². The minimum atomic E-state index is -0.560. The summed E-state index contributed by atoms with van der Waals surface area (Å²) in [5.41, 5.74) is 2.61. The number of aromatic nitrogens is 1. The third kappa shape index (κ3) is 2.56. The van der Waals surface area contributed by atoms with Crippen LogP contribution in [0, 0.1) is 17.0 Å². The normalized spacial score (nSPS) is 10.8. The molecule has 22 heavy (non-hydrogen) atoms. The summed E-state index contributed by atoms with van der Waals surface area (Å²) in [4.78, 5) is 22.1. The van der Waals surface area contributed by atoms with Crippen molar-refractivity contribution in [3.63, 3.8) is 0 Å². The Kier molecular flexibility index (Phi) is 3.38. The molecule has 7 heteroatoms. The van der Waals surface area contributed by atoms with E-state index in [1.807, 2.05) is 31.2 Å². The maximum absolute atomic E-state index is 11.9. The van der Waals surface area contributed by atoms with Crippen LogP contribution in [-0.4, -0.2) is 9.49 Å². The topological polar surface area (TPSA) is 90.3 Å². The molecule has 0 fully saturated rings. The number of rotatable bonds is 4. The minimum Gasteiger partial charge on any atom is -0.407 e.